The molecule has 0 radical (unpaired) electrons. The Bertz CT molecular complexity index is 462. The van der Waals surface area contributed by atoms with E-state index in [9.17, 15) is 22.4 Å². The van der Waals surface area contributed by atoms with E-state index in [1.54, 1.807) is 0 Å². The van der Waals surface area contributed by atoms with Gasteiger partial charge in [-0.15, -0.1) is 13.2 Å². The highest BCUT2D eigenvalue weighted by Crippen LogP contribution is 2.28. The Balaban J connectivity index is 3.14. The summed E-state index contributed by atoms with van der Waals surface area (Å²) in [5.41, 5.74) is 4.67. The third-order valence-electron chi connectivity index (χ3n) is 1.87. The van der Waals surface area contributed by atoms with Gasteiger partial charge in [-0.2, -0.15) is 4.98 Å². The Hall–Kier alpha value is -2.06. The molecule has 0 aromatic carbocycles. The Labute approximate surface area is 98.2 Å². The van der Waals surface area contributed by atoms with Crippen LogP contribution in [0.5, 0.6) is 5.88 Å². The summed E-state index contributed by atoms with van der Waals surface area (Å²) in [7, 11) is 0. The van der Waals surface area contributed by atoms with Crippen molar-refractivity contribution in [3.8, 4) is 5.88 Å². The molecule has 9 heteroatoms. The van der Waals surface area contributed by atoms with Gasteiger partial charge in [-0.1, -0.05) is 0 Å². The summed E-state index contributed by atoms with van der Waals surface area (Å²) in [4.78, 5) is 13.7. The number of rotatable bonds is 4. The third kappa shape index (κ3) is 3.75. The van der Waals surface area contributed by atoms with Gasteiger partial charge in [0.2, 0.25) is 5.88 Å². The highest BCUT2D eigenvalue weighted by molar-refractivity contribution is 5.72. The van der Waals surface area contributed by atoms with E-state index in [4.69, 9.17) is 10.8 Å². The molecule has 1 aromatic rings. The van der Waals surface area contributed by atoms with Crippen molar-refractivity contribution in [2.75, 3.05) is 5.73 Å². The lowest BCUT2D eigenvalue weighted by atomic mass is 10.1. The van der Waals surface area contributed by atoms with Gasteiger partial charge in [0.15, 0.2) is 0 Å². The van der Waals surface area contributed by atoms with Gasteiger partial charge < -0.3 is 15.6 Å². The van der Waals surface area contributed by atoms with Crippen LogP contribution in [-0.4, -0.2) is 22.4 Å². The highest BCUT2D eigenvalue weighted by atomic mass is 19.4. The van der Waals surface area contributed by atoms with Crippen molar-refractivity contribution in [1.29, 1.82) is 0 Å². The first-order valence-corrected chi connectivity index (χ1v) is 4.54. The summed E-state index contributed by atoms with van der Waals surface area (Å²) in [6.07, 6.45) is -5.60. The predicted molar refractivity (Wildman–Crippen MR) is 51.5 cm³/mol. The average Bonchev–Trinajstić information content (AvgIpc) is 2.19. The summed E-state index contributed by atoms with van der Waals surface area (Å²) in [6, 6.07) is 0.886. The summed E-state index contributed by atoms with van der Waals surface area (Å²) < 4.78 is 52.0. The second kappa shape index (κ2) is 5.07. The number of nitrogen functional groups attached to an aromatic ring is 1. The largest absolute Gasteiger partial charge is 0.574 e. The highest BCUT2D eigenvalue weighted by Gasteiger charge is 2.33. The molecule has 0 fully saturated rings. The van der Waals surface area contributed by atoms with Gasteiger partial charge in [0.05, 0.1) is 6.42 Å². The van der Waals surface area contributed by atoms with E-state index < -0.39 is 42.7 Å². The molecule has 0 aliphatic rings. The molecule has 1 aromatic heterocycles. The lowest BCUT2D eigenvalue weighted by molar-refractivity contribution is -0.276. The summed E-state index contributed by atoms with van der Waals surface area (Å²) >= 11 is 0. The van der Waals surface area contributed by atoms with Crippen LogP contribution in [0.15, 0.2) is 6.07 Å². The normalized spacial score (nSPS) is 11.3. The smallest absolute Gasteiger partial charge is 0.481 e. The fourth-order valence-corrected chi connectivity index (χ4v) is 1.20. The molecule has 3 N–H and O–H groups in total. The summed E-state index contributed by atoms with van der Waals surface area (Å²) in [5.74, 6) is -2.73. The van der Waals surface area contributed by atoms with Crippen LogP contribution in [-0.2, 0) is 17.9 Å². The first kappa shape index (κ1) is 14.0. The second-order valence-electron chi connectivity index (χ2n) is 3.25. The lowest BCUT2D eigenvalue weighted by Gasteiger charge is -2.13. The van der Waals surface area contributed by atoms with Crippen molar-refractivity contribution in [3.63, 3.8) is 0 Å². The van der Waals surface area contributed by atoms with Crippen molar-refractivity contribution in [1.82, 2.24) is 4.98 Å². The van der Waals surface area contributed by atoms with Crippen molar-refractivity contribution < 1.29 is 32.2 Å². The zero-order valence-corrected chi connectivity index (χ0v) is 8.79. The van der Waals surface area contributed by atoms with E-state index in [2.05, 4.69) is 9.72 Å². The summed E-state index contributed by atoms with van der Waals surface area (Å²) in [6.45, 7) is -1.29. The minimum Gasteiger partial charge on any atom is -0.481 e. The molecule has 100 valence electrons. The van der Waals surface area contributed by atoms with Crippen molar-refractivity contribution >= 4 is 11.8 Å². The number of carboxylic acid groups (broad SMARTS) is 1. The molecule has 0 aliphatic carbocycles. The number of hydrogen-bond acceptors (Lipinski definition) is 4. The maximum absolute atomic E-state index is 12.5. The standard InChI is InChI=1S/C9H8F4N2O3/c10-3-5-1-4(2-6(16)17)7(14)15-8(5)18-9(11,12)13/h1H,2-3H2,(H2,14,15)(H,16,17). The van der Waals surface area contributed by atoms with E-state index in [1.165, 1.54) is 0 Å². The molecular weight excluding hydrogens is 260 g/mol. The zero-order chi connectivity index (χ0) is 13.9. The number of nitrogens with zero attached hydrogens (tertiary/aromatic N) is 1. The van der Waals surface area contributed by atoms with Gasteiger partial charge in [-0.3, -0.25) is 4.79 Å². The Morgan fingerprint density at radius 1 is 1.44 bits per heavy atom. The van der Waals surface area contributed by atoms with E-state index in [0.717, 1.165) is 6.07 Å². The minimum atomic E-state index is -5.03. The number of pyridine rings is 1. The number of ether oxygens (including phenoxy) is 1. The number of halogens is 4. The van der Waals surface area contributed by atoms with Gasteiger partial charge in [0, 0.05) is 11.1 Å². The van der Waals surface area contributed by atoms with Crippen molar-refractivity contribution in [2.24, 2.45) is 0 Å². The molecule has 0 bridgehead atoms. The van der Waals surface area contributed by atoms with Gasteiger partial charge in [-0.25, -0.2) is 4.39 Å². The predicted octanol–water partition coefficient (Wildman–Crippen LogP) is 1.66. The number of hydrogen-bond donors (Lipinski definition) is 2. The van der Waals surface area contributed by atoms with Crippen LogP contribution in [0, 0.1) is 0 Å². The average molecular weight is 268 g/mol. The fraction of sp³-hybridized carbons (Fsp3) is 0.333. The number of carboxylic acids is 1. The van der Waals surface area contributed by atoms with E-state index >= 15 is 0 Å². The van der Waals surface area contributed by atoms with Crippen LogP contribution < -0.4 is 10.5 Å². The van der Waals surface area contributed by atoms with E-state index in [0.29, 0.717) is 0 Å². The van der Waals surface area contributed by atoms with Crippen molar-refractivity contribution in [2.45, 2.75) is 19.5 Å². The molecule has 0 amide bonds. The molecule has 0 saturated carbocycles. The Kier molecular flexibility index (Phi) is 3.94. The number of anilines is 1. The van der Waals surface area contributed by atoms with E-state index in [-0.39, 0.29) is 5.56 Å². The lowest BCUT2D eigenvalue weighted by Crippen LogP contribution is -2.20. The molecule has 1 heterocycles. The third-order valence-corrected chi connectivity index (χ3v) is 1.87. The van der Waals surface area contributed by atoms with Crippen LogP contribution in [0.4, 0.5) is 23.4 Å². The minimum absolute atomic E-state index is 0.0790. The zero-order valence-electron chi connectivity index (χ0n) is 8.79. The monoisotopic (exact) mass is 268 g/mol. The summed E-state index contributed by atoms with van der Waals surface area (Å²) in [5, 5.41) is 8.52. The number of nitrogens with two attached hydrogens (primary N) is 1. The van der Waals surface area contributed by atoms with Crippen LogP contribution in [0.1, 0.15) is 11.1 Å². The van der Waals surface area contributed by atoms with Crippen LogP contribution in [0.2, 0.25) is 0 Å². The molecule has 1 rings (SSSR count). The quantitative estimate of drug-likeness (QED) is 0.811. The molecule has 0 atom stereocenters. The molecule has 5 nitrogen and oxygen atoms in total. The Morgan fingerprint density at radius 3 is 2.50 bits per heavy atom. The maximum Gasteiger partial charge on any atom is 0.574 e. The Morgan fingerprint density at radius 2 is 2.06 bits per heavy atom. The van der Waals surface area contributed by atoms with Crippen LogP contribution >= 0.6 is 0 Å². The molecule has 18 heavy (non-hydrogen) atoms. The molecule has 0 saturated heterocycles. The topological polar surface area (TPSA) is 85.4 Å². The number of alkyl halides is 4. The van der Waals surface area contributed by atoms with E-state index in [1.807, 2.05) is 0 Å². The van der Waals surface area contributed by atoms with Crippen molar-refractivity contribution in [3.05, 3.63) is 17.2 Å². The van der Waals surface area contributed by atoms with Gasteiger partial charge >= 0.3 is 12.3 Å². The second-order valence-corrected chi connectivity index (χ2v) is 3.25. The molecule has 0 spiro atoms. The SMILES string of the molecule is Nc1nc(OC(F)(F)F)c(CF)cc1CC(=O)O. The first-order chi connectivity index (χ1) is 8.23. The number of carbonyl (C=O) groups is 1. The van der Waals surface area contributed by atoms with Gasteiger partial charge in [0.25, 0.3) is 0 Å². The maximum atomic E-state index is 12.5. The molecular formula is C9H8F4N2O3. The fourth-order valence-electron chi connectivity index (χ4n) is 1.20. The molecule has 0 unspecified atom stereocenters. The van der Waals surface area contributed by atoms with Gasteiger partial charge in [-0.05, 0) is 6.07 Å². The van der Waals surface area contributed by atoms with Gasteiger partial charge in [0.1, 0.15) is 12.5 Å². The van der Waals surface area contributed by atoms with Crippen LogP contribution in [0.25, 0.3) is 0 Å². The number of aliphatic carboxylic acids is 1. The van der Waals surface area contributed by atoms with Crippen LogP contribution in [0.3, 0.4) is 0 Å². The first-order valence-electron chi connectivity index (χ1n) is 4.54. The molecule has 0 aliphatic heterocycles. The number of aromatic nitrogens is 1.